The fraction of sp³-hybridized carbons (Fsp3) is 0.188. The summed E-state index contributed by atoms with van der Waals surface area (Å²) in [6.07, 6.45) is -4.60. The second kappa shape index (κ2) is 6.91. The van der Waals surface area contributed by atoms with Gasteiger partial charge in [0.25, 0.3) is 0 Å². The highest BCUT2D eigenvalue weighted by atomic mass is 35.5. The molecule has 0 aromatic heterocycles. The maximum Gasteiger partial charge on any atom is 0.418 e. The summed E-state index contributed by atoms with van der Waals surface area (Å²) in [5.41, 5.74) is 0.423. The molecule has 0 aliphatic heterocycles. The van der Waals surface area contributed by atoms with E-state index in [0.29, 0.717) is 5.69 Å². The normalized spacial score (nSPS) is 11.2. The van der Waals surface area contributed by atoms with Crippen LogP contribution in [0.1, 0.15) is 11.1 Å². The first kappa shape index (κ1) is 17.1. The van der Waals surface area contributed by atoms with E-state index in [0.717, 1.165) is 17.7 Å². The van der Waals surface area contributed by atoms with Crippen molar-refractivity contribution in [2.75, 3.05) is 17.2 Å². The first-order valence-corrected chi connectivity index (χ1v) is 7.10. The first-order chi connectivity index (χ1) is 10.8. The van der Waals surface area contributed by atoms with Crippen molar-refractivity contribution in [3.63, 3.8) is 0 Å². The van der Waals surface area contributed by atoms with E-state index in [1.54, 1.807) is 6.07 Å². The Morgan fingerprint density at radius 2 is 1.91 bits per heavy atom. The summed E-state index contributed by atoms with van der Waals surface area (Å²) in [6.45, 7) is 1.75. The van der Waals surface area contributed by atoms with Crippen LogP contribution >= 0.6 is 11.6 Å². The Labute approximate surface area is 136 Å². The molecule has 7 heteroatoms. The molecular weight excluding hydrogens is 329 g/mol. The van der Waals surface area contributed by atoms with Gasteiger partial charge >= 0.3 is 6.18 Å². The zero-order valence-corrected chi connectivity index (χ0v) is 12.9. The van der Waals surface area contributed by atoms with Crippen molar-refractivity contribution >= 4 is 28.9 Å². The Morgan fingerprint density at radius 1 is 1.17 bits per heavy atom. The molecule has 0 heterocycles. The maximum atomic E-state index is 12.9. The van der Waals surface area contributed by atoms with Crippen molar-refractivity contribution in [2.45, 2.75) is 13.1 Å². The summed E-state index contributed by atoms with van der Waals surface area (Å²) < 4.78 is 38.8. The minimum Gasteiger partial charge on any atom is -0.376 e. The second-order valence-corrected chi connectivity index (χ2v) is 5.40. The van der Waals surface area contributed by atoms with E-state index in [1.807, 2.05) is 25.1 Å². The van der Waals surface area contributed by atoms with Gasteiger partial charge in [-0.2, -0.15) is 13.2 Å². The number of benzene rings is 2. The molecule has 0 saturated heterocycles. The van der Waals surface area contributed by atoms with Crippen molar-refractivity contribution in [2.24, 2.45) is 0 Å². The van der Waals surface area contributed by atoms with Gasteiger partial charge in [-0.25, -0.2) is 0 Å². The topological polar surface area (TPSA) is 41.1 Å². The van der Waals surface area contributed by atoms with Crippen LogP contribution in [0.25, 0.3) is 0 Å². The minimum absolute atomic E-state index is 0.0480. The average Bonchev–Trinajstić information content (AvgIpc) is 2.46. The SMILES string of the molecule is Cc1cccc(NCC(=O)Nc2ccc(Cl)cc2C(F)(F)F)c1. The number of carbonyl (C=O) groups excluding carboxylic acids is 1. The highest BCUT2D eigenvalue weighted by Crippen LogP contribution is 2.36. The van der Waals surface area contributed by atoms with Gasteiger partial charge in [-0.15, -0.1) is 0 Å². The third kappa shape index (κ3) is 4.89. The van der Waals surface area contributed by atoms with Gasteiger partial charge in [-0.05, 0) is 42.8 Å². The number of hydrogen-bond acceptors (Lipinski definition) is 2. The van der Waals surface area contributed by atoms with E-state index in [2.05, 4.69) is 10.6 Å². The van der Waals surface area contributed by atoms with Gasteiger partial charge in [-0.1, -0.05) is 23.7 Å². The predicted octanol–water partition coefficient (Wildman–Crippen LogP) is 4.72. The Kier molecular flexibility index (Phi) is 5.15. The van der Waals surface area contributed by atoms with Crippen molar-refractivity contribution in [3.8, 4) is 0 Å². The first-order valence-electron chi connectivity index (χ1n) is 6.73. The summed E-state index contributed by atoms with van der Waals surface area (Å²) in [6, 6.07) is 10.5. The molecule has 0 radical (unpaired) electrons. The smallest absolute Gasteiger partial charge is 0.376 e. The van der Waals surface area contributed by atoms with Gasteiger partial charge in [0.1, 0.15) is 0 Å². The predicted molar refractivity (Wildman–Crippen MR) is 84.8 cm³/mol. The quantitative estimate of drug-likeness (QED) is 0.844. The van der Waals surface area contributed by atoms with E-state index in [4.69, 9.17) is 11.6 Å². The molecule has 0 aliphatic rings. The van der Waals surface area contributed by atoms with Crippen molar-refractivity contribution < 1.29 is 18.0 Å². The Hall–Kier alpha value is -2.21. The second-order valence-electron chi connectivity index (χ2n) is 4.96. The summed E-state index contributed by atoms with van der Waals surface area (Å²) in [5, 5.41) is 5.06. The molecule has 0 saturated carbocycles. The van der Waals surface area contributed by atoms with Crippen LogP contribution in [-0.2, 0) is 11.0 Å². The van der Waals surface area contributed by atoms with Crippen molar-refractivity contribution in [3.05, 3.63) is 58.6 Å². The van der Waals surface area contributed by atoms with Crippen LogP contribution < -0.4 is 10.6 Å². The fourth-order valence-electron chi connectivity index (χ4n) is 1.99. The number of amides is 1. The summed E-state index contributed by atoms with van der Waals surface area (Å²) in [5.74, 6) is -0.584. The molecule has 0 aliphatic carbocycles. The zero-order valence-electron chi connectivity index (χ0n) is 12.2. The highest BCUT2D eigenvalue weighted by molar-refractivity contribution is 6.30. The van der Waals surface area contributed by atoms with Crippen molar-refractivity contribution in [1.29, 1.82) is 0 Å². The molecule has 2 aromatic carbocycles. The molecule has 23 heavy (non-hydrogen) atoms. The number of hydrogen-bond donors (Lipinski definition) is 2. The number of anilines is 2. The third-order valence-electron chi connectivity index (χ3n) is 3.03. The number of halogens is 4. The van der Waals surface area contributed by atoms with Crippen LogP contribution in [0.5, 0.6) is 0 Å². The molecule has 0 bridgehead atoms. The van der Waals surface area contributed by atoms with Crippen LogP contribution in [0.2, 0.25) is 5.02 Å². The molecule has 2 aromatic rings. The van der Waals surface area contributed by atoms with Gasteiger partial charge in [0.15, 0.2) is 0 Å². The van der Waals surface area contributed by atoms with Gasteiger partial charge in [0.05, 0.1) is 17.8 Å². The van der Waals surface area contributed by atoms with E-state index >= 15 is 0 Å². The molecule has 2 N–H and O–H groups in total. The summed E-state index contributed by atoms with van der Waals surface area (Å²) >= 11 is 5.59. The molecule has 3 nitrogen and oxygen atoms in total. The minimum atomic E-state index is -4.60. The molecule has 0 fully saturated rings. The Bertz CT molecular complexity index is 717. The lowest BCUT2D eigenvalue weighted by Crippen LogP contribution is -2.23. The summed E-state index contributed by atoms with van der Waals surface area (Å²) in [7, 11) is 0. The van der Waals surface area contributed by atoms with Crippen LogP contribution in [0.3, 0.4) is 0 Å². The fourth-order valence-corrected chi connectivity index (χ4v) is 2.16. The number of nitrogens with one attached hydrogen (secondary N) is 2. The van der Waals surface area contributed by atoms with Crippen LogP contribution in [0.15, 0.2) is 42.5 Å². The lowest BCUT2D eigenvalue weighted by atomic mass is 10.1. The number of aryl methyl sites for hydroxylation is 1. The largest absolute Gasteiger partial charge is 0.418 e. The molecule has 0 spiro atoms. The zero-order chi connectivity index (χ0) is 17.0. The number of carbonyl (C=O) groups is 1. The standard InChI is InChI=1S/C16H14ClF3N2O/c1-10-3-2-4-12(7-10)21-9-15(23)22-14-6-5-11(17)8-13(14)16(18,19)20/h2-8,21H,9H2,1H3,(H,22,23). The lowest BCUT2D eigenvalue weighted by Gasteiger charge is -2.14. The average molecular weight is 343 g/mol. The van der Waals surface area contributed by atoms with E-state index < -0.39 is 17.6 Å². The number of alkyl halides is 3. The Balaban J connectivity index is 2.06. The third-order valence-corrected chi connectivity index (χ3v) is 3.27. The monoisotopic (exact) mass is 342 g/mol. The van der Waals surface area contributed by atoms with E-state index in [-0.39, 0.29) is 17.3 Å². The van der Waals surface area contributed by atoms with Crippen LogP contribution in [-0.4, -0.2) is 12.5 Å². The molecule has 1 amide bonds. The van der Waals surface area contributed by atoms with Gasteiger partial charge in [0, 0.05) is 10.7 Å². The molecule has 0 atom stereocenters. The lowest BCUT2D eigenvalue weighted by molar-refractivity contribution is -0.137. The van der Waals surface area contributed by atoms with Gasteiger partial charge in [0.2, 0.25) is 5.91 Å². The summed E-state index contributed by atoms with van der Waals surface area (Å²) in [4.78, 5) is 11.9. The number of rotatable bonds is 4. The van der Waals surface area contributed by atoms with Gasteiger partial charge < -0.3 is 10.6 Å². The van der Waals surface area contributed by atoms with Crippen LogP contribution in [0.4, 0.5) is 24.5 Å². The highest BCUT2D eigenvalue weighted by Gasteiger charge is 2.34. The van der Waals surface area contributed by atoms with E-state index in [9.17, 15) is 18.0 Å². The molecule has 2 rings (SSSR count). The van der Waals surface area contributed by atoms with Crippen molar-refractivity contribution in [1.82, 2.24) is 0 Å². The molecule has 0 unspecified atom stereocenters. The van der Waals surface area contributed by atoms with Gasteiger partial charge in [-0.3, -0.25) is 4.79 Å². The van der Waals surface area contributed by atoms with E-state index in [1.165, 1.54) is 6.07 Å². The Morgan fingerprint density at radius 3 is 2.57 bits per heavy atom. The molecule has 122 valence electrons. The maximum absolute atomic E-state index is 12.9. The molecular formula is C16H14ClF3N2O. The van der Waals surface area contributed by atoms with Crippen LogP contribution in [0, 0.1) is 6.92 Å².